The summed E-state index contributed by atoms with van der Waals surface area (Å²) in [4.78, 5) is 10.8. The van der Waals surface area contributed by atoms with Gasteiger partial charge in [-0.15, -0.1) is 0 Å². The van der Waals surface area contributed by atoms with E-state index in [1.54, 1.807) is 0 Å². The molecule has 0 radical (unpaired) electrons. The van der Waals surface area contributed by atoms with Gasteiger partial charge < -0.3 is 15.6 Å². The molecule has 4 N–H and O–H groups in total. The molecule has 0 spiro atoms. The number of nitrogens with one attached hydrogen (secondary N) is 1. The first-order valence-electron chi connectivity index (χ1n) is 5.56. The van der Waals surface area contributed by atoms with Crippen molar-refractivity contribution in [2.75, 3.05) is 6.61 Å². The molecule has 18 heavy (non-hydrogen) atoms. The topological polar surface area (TPSA) is 96.4 Å². The Balaban J connectivity index is 2.23. The van der Waals surface area contributed by atoms with E-state index in [-0.39, 0.29) is 12.7 Å². The molecule has 0 aromatic heterocycles. The molecule has 0 bridgehead atoms. The normalized spacial score (nSPS) is 19.7. The summed E-state index contributed by atoms with van der Waals surface area (Å²) in [6.07, 6.45) is 0.0780. The summed E-state index contributed by atoms with van der Waals surface area (Å²) in [5.74, 6) is -1.26. The number of aliphatic carboxylic acids is 1. The van der Waals surface area contributed by atoms with Crippen LogP contribution >= 0.6 is 0 Å². The SMILES string of the molecule is N=C(C(=O)O)C1=C(N)COC(c2ccccc2)C1. The first-order valence-corrected chi connectivity index (χ1v) is 5.56. The van der Waals surface area contributed by atoms with Crippen LogP contribution in [-0.4, -0.2) is 23.4 Å². The van der Waals surface area contributed by atoms with E-state index < -0.39 is 11.7 Å². The minimum Gasteiger partial charge on any atom is -0.477 e. The van der Waals surface area contributed by atoms with E-state index in [1.807, 2.05) is 30.3 Å². The molecular formula is C13H14N2O3. The van der Waals surface area contributed by atoms with Gasteiger partial charge in [-0.25, -0.2) is 4.79 Å². The molecule has 0 amide bonds. The lowest BCUT2D eigenvalue weighted by molar-refractivity contribution is -0.129. The summed E-state index contributed by atoms with van der Waals surface area (Å²) >= 11 is 0. The molecule has 94 valence electrons. The van der Waals surface area contributed by atoms with E-state index in [0.29, 0.717) is 17.7 Å². The average molecular weight is 246 g/mol. The van der Waals surface area contributed by atoms with Gasteiger partial charge in [0, 0.05) is 17.7 Å². The Morgan fingerprint density at radius 1 is 1.39 bits per heavy atom. The van der Waals surface area contributed by atoms with E-state index in [4.69, 9.17) is 21.0 Å². The molecule has 1 aliphatic heterocycles. The fourth-order valence-electron chi connectivity index (χ4n) is 1.93. The smallest absolute Gasteiger partial charge is 0.354 e. The van der Waals surface area contributed by atoms with E-state index in [0.717, 1.165) is 5.56 Å². The summed E-state index contributed by atoms with van der Waals surface area (Å²) in [5.41, 5.74) is 6.91. The van der Waals surface area contributed by atoms with Gasteiger partial charge in [0.15, 0.2) is 0 Å². The van der Waals surface area contributed by atoms with Gasteiger partial charge in [-0.05, 0) is 5.56 Å². The first kappa shape index (κ1) is 12.3. The number of benzene rings is 1. The van der Waals surface area contributed by atoms with Gasteiger partial charge >= 0.3 is 5.97 Å². The van der Waals surface area contributed by atoms with Crippen molar-refractivity contribution in [1.29, 1.82) is 5.41 Å². The van der Waals surface area contributed by atoms with Crippen LogP contribution in [0.5, 0.6) is 0 Å². The minimum absolute atomic E-state index is 0.157. The fraction of sp³-hybridized carbons (Fsp3) is 0.231. The molecule has 0 saturated heterocycles. The van der Waals surface area contributed by atoms with Crippen molar-refractivity contribution in [2.24, 2.45) is 5.73 Å². The van der Waals surface area contributed by atoms with Crippen molar-refractivity contribution in [3.8, 4) is 0 Å². The van der Waals surface area contributed by atoms with Crippen LogP contribution in [-0.2, 0) is 9.53 Å². The van der Waals surface area contributed by atoms with Crippen LogP contribution in [0.15, 0.2) is 41.6 Å². The molecule has 1 aromatic carbocycles. The van der Waals surface area contributed by atoms with Gasteiger partial charge in [-0.3, -0.25) is 5.41 Å². The highest BCUT2D eigenvalue weighted by atomic mass is 16.5. The first-order chi connectivity index (χ1) is 8.59. The number of rotatable bonds is 3. The zero-order valence-corrected chi connectivity index (χ0v) is 9.72. The average Bonchev–Trinajstić information content (AvgIpc) is 2.39. The summed E-state index contributed by atoms with van der Waals surface area (Å²) in [6, 6.07) is 9.50. The van der Waals surface area contributed by atoms with Gasteiger partial charge in [-0.2, -0.15) is 0 Å². The standard InChI is InChI=1S/C13H14N2O3/c14-10-7-18-11(8-4-2-1-3-5-8)6-9(10)12(15)13(16)17/h1-5,11,15H,6-7,14H2,(H,16,17). The third kappa shape index (κ3) is 2.41. The maximum absolute atomic E-state index is 10.8. The highest BCUT2D eigenvalue weighted by Gasteiger charge is 2.26. The Morgan fingerprint density at radius 3 is 2.67 bits per heavy atom. The van der Waals surface area contributed by atoms with Crippen LogP contribution in [0.4, 0.5) is 0 Å². The van der Waals surface area contributed by atoms with Gasteiger partial charge in [0.05, 0.1) is 12.7 Å². The van der Waals surface area contributed by atoms with Crippen LogP contribution in [0.2, 0.25) is 0 Å². The van der Waals surface area contributed by atoms with Gasteiger partial charge in [0.1, 0.15) is 5.71 Å². The molecule has 5 nitrogen and oxygen atoms in total. The minimum atomic E-state index is -1.26. The van der Waals surface area contributed by atoms with Crippen LogP contribution in [0.3, 0.4) is 0 Å². The molecular weight excluding hydrogens is 232 g/mol. The lowest BCUT2D eigenvalue weighted by Crippen LogP contribution is -2.27. The van der Waals surface area contributed by atoms with Crippen LogP contribution in [0.1, 0.15) is 18.1 Å². The third-order valence-corrected chi connectivity index (χ3v) is 2.90. The monoisotopic (exact) mass is 246 g/mol. The molecule has 1 aromatic rings. The molecule has 1 aliphatic rings. The Morgan fingerprint density at radius 2 is 2.06 bits per heavy atom. The summed E-state index contributed by atoms with van der Waals surface area (Å²) in [6.45, 7) is 0.157. The Hall–Kier alpha value is -2.14. The van der Waals surface area contributed by atoms with E-state index in [9.17, 15) is 4.79 Å². The molecule has 1 unspecified atom stereocenters. The number of ether oxygens (including phenoxy) is 1. The number of hydrogen-bond acceptors (Lipinski definition) is 4. The fourth-order valence-corrected chi connectivity index (χ4v) is 1.93. The highest BCUT2D eigenvalue weighted by molar-refractivity contribution is 6.41. The van der Waals surface area contributed by atoms with E-state index in [2.05, 4.69) is 0 Å². The predicted octanol–water partition coefficient (Wildman–Crippen LogP) is 1.47. The lowest BCUT2D eigenvalue weighted by Gasteiger charge is -2.26. The van der Waals surface area contributed by atoms with Crippen LogP contribution < -0.4 is 5.73 Å². The second-order valence-electron chi connectivity index (χ2n) is 4.10. The van der Waals surface area contributed by atoms with Gasteiger partial charge in [0.25, 0.3) is 0 Å². The zero-order valence-electron chi connectivity index (χ0n) is 9.72. The largest absolute Gasteiger partial charge is 0.477 e. The number of carboxylic acid groups (broad SMARTS) is 1. The van der Waals surface area contributed by atoms with Crippen molar-refractivity contribution < 1.29 is 14.6 Å². The quantitative estimate of drug-likeness (QED) is 0.703. The molecule has 1 heterocycles. The number of carbonyl (C=O) groups is 1. The van der Waals surface area contributed by atoms with Crippen molar-refractivity contribution >= 4 is 11.7 Å². The second kappa shape index (κ2) is 5.01. The van der Waals surface area contributed by atoms with Crippen molar-refractivity contribution in [2.45, 2.75) is 12.5 Å². The summed E-state index contributed by atoms with van der Waals surface area (Å²) in [5, 5.41) is 16.4. The number of carboxylic acids is 1. The second-order valence-corrected chi connectivity index (χ2v) is 4.10. The third-order valence-electron chi connectivity index (χ3n) is 2.90. The Kier molecular flexibility index (Phi) is 3.43. The number of nitrogens with two attached hydrogens (primary N) is 1. The Labute approximate surface area is 104 Å². The van der Waals surface area contributed by atoms with Crippen molar-refractivity contribution in [1.82, 2.24) is 0 Å². The van der Waals surface area contributed by atoms with Crippen molar-refractivity contribution in [3.63, 3.8) is 0 Å². The van der Waals surface area contributed by atoms with Gasteiger partial charge in [-0.1, -0.05) is 30.3 Å². The highest BCUT2D eigenvalue weighted by Crippen LogP contribution is 2.30. The molecule has 1 atom stereocenters. The molecule has 0 aliphatic carbocycles. The zero-order chi connectivity index (χ0) is 13.1. The summed E-state index contributed by atoms with van der Waals surface area (Å²) < 4.78 is 5.56. The summed E-state index contributed by atoms with van der Waals surface area (Å²) in [7, 11) is 0. The van der Waals surface area contributed by atoms with E-state index in [1.165, 1.54) is 0 Å². The molecule has 2 rings (SSSR count). The molecule has 5 heteroatoms. The van der Waals surface area contributed by atoms with Crippen LogP contribution in [0.25, 0.3) is 0 Å². The van der Waals surface area contributed by atoms with Crippen LogP contribution in [0, 0.1) is 5.41 Å². The predicted molar refractivity (Wildman–Crippen MR) is 66.3 cm³/mol. The maximum Gasteiger partial charge on any atom is 0.354 e. The van der Waals surface area contributed by atoms with Crippen molar-refractivity contribution in [3.05, 3.63) is 47.2 Å². The van der Waals surface area contributed by atoms with E-state index >= 15 is 0 Å². The number of hydrogen-bond donors (Lipinski definition) is 3. The molecule has 0 fully saturated rings. The molecule has 0 saturated carbocycles. The lowest BCUT2D eigenvalue weighted by atomic mass is 9.95. The Bertz CT molecular complexity index is 508. The maximum atomic E-state index is 10.8. The van der Waals surface area contributed by atoms with Gasteiger partial charge in [0.2, 0.25) is 0 Å².